The highest BCUT2D eigenvalue weighted by Gasteiger charge is 2.07. The van der Waals surface area contributed by atoms with Gasteiger partial charge in [0.25, 0.3) is 0 Å². The first-order chi connectivity index (χ1) is 7.00. The van der Waals surface area contributed by atoms with Gasteiger partial charge in [-0.25, -0.2) is 0 Å². The standard InChI is InChI=1S/C10H12BrClN2O.ClH/c1-6(13)10(15)14-5-7-2-3-8(11)4-9(7)12;/h2-4,6H,5,13H2,1H3,(H,14,15);1H/t6-;/m1./s1. The summed E-state index contributed by atoms with van der Waals surface area (Å²) in [7, 11) is 0. The Morgan fingerprint density at radius 2 is 2.25 bits per heavy atom. The fraction of sp³-hybridized carbons (Fsp3) is 0.300. The van der Waals surface area contributed by atoms with E-state index in [0.717, 1.165) is 10.0 Å². The maximum Gasteiger partial charge on any atom is 0.236 e. The van der Waals surface area contributed by atoms with Crippen molar-refractivity contribution in [2.24, 2.45) is 5.73 Å². The predicted octanol–water partition coefficient (Wildman–Crippen LogP) is 2.49. The van der Waals surface area contributed by atoms with Gasteiger partial charge in [0.2, 0.25) is 5.91 Å². The van der Waals surface area contributed by atoms with Crippen molar-refractivity contribution in [1.82, 2.24) is 5.32 Å². The van der Waals surface area contributed by atoms with Crippen LogP contribution in [-0.2, 0) is 11.3 Å². The fourth-order valence-corrected chi connectivity index (χ4v) is 1.75. The zero-order valence-corrected chi connectivity index (χ0v) is 11.8. The molecule has 0 saturated heterocycles. The molecule has 3 N–H and O–H groups in total. The molecule has 0 spiro atoms. The number of nitrogens with one attached hydrogen (secondary N) is 1. The Labute approximate surface area is 114 Å². The minimum atomic E-state index is -0.501. The van der Waals surface area contributed by atoms with Crippen LogP contribution in [0.4, 0.5) is 0 Å². The molecule has 1 rings (SSSR count). The molecule has 1 atom stereocenters. The van der Waals surface area contributed by atoms with Gasteiger partial charge >= 0.3 is 0 Å². The average molecular weight is 328 g/mol. The lowest BCUT2D eigenvalue weighted by Crippen LogP contribution is -2.37. The Balaban J connectivity index is 0.00000225. The summed E-state index contributed by atoms with van der Waals surface area (Å²) in [5.41, 5.74) is 6.28. The lowest BCUT2D eigenvalue weighted by atomic mass is 10.2. The molecule has 0 aromatic heterocycles. The molecule has 6 heteroatoms. The third kappa shape index (κ3) is 4.70. The van der Waals surface area contributed by atoms with E-state index in [4.69, 9.17) is 17.3 Å². The van der Waals surface area contributed by atoms with Crippen LogP contribution in [-0.4, -0.2) is 11.9 Å². The van der Waals surface area contributed by atoms with Crippen molar-refractivity contribution in [1.29, 1.82) is 0 Å². The molecule has 16 heavy (non-hydrogen) atoms. The molecule has 0 saturated carbocycles. The van der Waals surface area contributed by atoms with Gasteiger partial charge in [0.05, 0.1) is 6.04 Å². The number of nitrogens with two attached hydrogens (primary N) is 1. The molecule has 0 aliphatic rings. The SMILES string of the molecule is C[C@@H](N)C(=O)NCc1ccc(Br)cc1Cl.Cl. The van der Waals surface area contributed by atoms with Gasteiger partial charge in [-0.15, -0.1) is 12.4 Å². The molecule has 1 aromatic carbocycles. The Morgan fingerprint density at radius 1 is 1.62 bits per heavy atom. The van der Waals surface area contributed by atoms with Gasteiger partial charge in [-0.1, -0.05) is 33.6 Å². The van der Waals surface area contributed by atoms with Crippen LogP contribution in [0, 0.1) is 0 Å². The molecule has 90 valence electrons. The molecule has 0 bridgehead atoms. The number of benzene rings is 1. The first-order valence-electron chi connectivity index (χ1n) is 4.48. The van der Waals surface area contributed by atoms with Crippen LogP contribution in [0.1, 0.15) is 12.5 Å². The number of hydrogen-bond acceptors (Lipinski definition) is 2. The summed E-state index contributed by atoms with van der Waals surface area (Å²) in [6, 6.07) is 5.02. The summed E-state index contributed by atoms with van der Waals surface area (Å²) in [4.78, 5) is 11.2. The van der Waals surface area contributed by atoms with E-state index in [1.54, 1.807) is 13.0 Å². The first kappa shape index (κ1) is 15.7. The van der Waals surface area contributed by atoms with Gasteiger partial charge in [-0.3, -0.25) is 4.79 Å². The van der Waals surface area contributed by atoms with Crippen molar-refractivity contribution in [3.05, 3.63) is 33.3 Å². The molecule has 0 unspecified atom stereocenters. The monoisotopic (exact) mass is 326 g/mol. The van der Waals surface area contributed by atoms with Gasteiger partial charge in [0, 0.05) is 16.0 Å². The minimum absolute atomic E-state index is 0. The summed E-state index contributed by atoms with van der Waals surface area (Å²) in [6.07, 6.45) is 0. The van der Waals surface area contributed by atoms with E-state index in [0.29, 0.717) is 11.6 Å². The normalized spacial score (nSPS) is 11.5. The highest BCUT2D eigenvalue weighted by atomic mass is 79.9. The molecule has 0 aliphatic heterocycles. The van der Waals surface area contributed by atoms with Crippen molar-refractivity contribution in [2.45, 2.75) is 19.5 Å². The summed E-state index contributed by atoms with van der Waals surface area (Å²) in [5, 5.41) is 3.31. The van der Waals surface area contributed by atoms with Crippen molar-refractivity contribution in [3.63, 3.8) is 0 Å². The second-order valence-electron chi connectivity index (χ2n) is 3.24. The van der Waals surface area contributed by atoms with Crippen LogP contribution in [0.25, 0.3) is 0 Å². The van der Waals surface area contributed by atoms with Crippen molar-refractivity contribution >= 4 is 45.8 Å². The number of halogens is 3. The van der Waals surface area contributed by atoms with Crippen LogP contribution in [0.5, 0.6) is 0 Å². The molecule has 1 aromatic rings. The van der Waals surface area contributed by atoms with E-state index in [1.807, 2.05) is 12.1 Å². The Bertz CT molecular complexity index is 372. The topological polar surface area (TPSA) is 55.1 Å². The van der Waals surface area contributed by atoms with Gasteiger partial charge < -0.3 is 11.1 Å². The predicted molar refractivity (Wildman–Crippen MR) is 71.9 cm³/mol. The third-order valence-electron chi connectivity index (χ3n) is 1.88. The molecule has 3 nitrogen and oxygen atoms in total. The van der Waals surface area contributed by atoms with E-state index in [2.05, 4.69) is 21.2 Å². The minimum Gasteiger partial charge on any atom is -0.351 e. The largest absolute Gasteiger partial charge is 0.351 e. The maximum absolute atomic E-state index is 11.2. The Morgan fingerprint density at radius 3 is 2.75 bits per heavy atom. The number of carbonyl (C=O) groups excluding carboxylic acids is 1. The van der Waals surface area contributed by atoms with Crippen LogP contribution >= 0.6 is 39.9 Å². The average Bonchev–Trinajstić information content (AvgIpc) is 2.15. The second kappa shape index (κ2) is 7.12. The summed E-state index contributed by atoms with van der Waals surface area (Å²) < 4.78 is 0.912. The maximum atomic E-state index is 11.2. The second-order valence-corrected chi connectivity index (χ2v) is 4.57. The summed E-state index contributed by atoms with van der Waals surface area (Å²) >= 11 is 9.29. The Hall–Kier alpha value is -0.290. The lowest BCUT2D eigenvalue weighted by molar-refractivity contribution is -0.122. The molecule has 0 aliphatic carbocycles. The molecule has 1 amide bonds. The van der Waals surface area contributed by atoms with Gasteiger partial charge in [-0.2, -0.15) is 0 Å². The van der Waals surface area contributed by atoms with Crippen LogP contribution < -0.4 is 11.1 Å². The van der Waals surface area contributed by atoms with Crippen molar-refractivity contribution < 1.29 is 4.79 Å². The van der Waals surface area contributed by atoms with Gasteiger partial charge in [0.1, 0.15) is 0 Å². The molecule has 0 radical (unpaired) electrons. The Kier molecular flexibility index (Phi) is 6.99. The highest BCUT2D eigenvalue weighted by Crippen LogP contribution is 2.21. The third-order valence-corrected chi connectivity index (χ3v) is 2.73. The number of carbonyl (C=O) groups is 1. The zero-order valence-electron chi connectivity index (χ0n) is 8.67. The van der Waals surface area contributed by atoms with Crippen molar-refractivity contribution in [2.75, 3.05) is 0 Å². The molecule has 0 fully saturated rings. The van der Waals surface area contributed by atoms with Crippen LogP contribution in [0.3, 0.4) is 0 Å². The van der Waals surface area contributed by atoms with Crippen LogP contribution in [0.15, 0.2) is 22.7 Å². The van der Waals surface area contributed by atoms with E-state index in [1.165, 1.54) is 0 Å². The number of hydrogen-bond donors (Lipinski definition) is 2. The number of rotatable bonds is 3. The van der Waals surface area contributed by atoms with E-state index in [9.17, 15) is 4.79 Å². The van der Waals surface area contributed by atoms with Gasteiger partial charge in [-0.05, 0) is 24.6 Å². The molecular formula is C10H13BrCl2N2O. The van der Waals surface area contributed by atoms with Crippen LogP contribution in [0.2, 0.25) is 5.02 Å². The first-order valence-corrected chi connectivity index (χ1v) is 5.65. The summed E-state index contributed by atoms with van der Waals surface area (Å²) in [5.74, 6) is -0.186. The van der Waals surface area contributed by atoms with Crippen molar-refractivity contribution in [3.8, 4) is 0 Å². The molecule has 0 heterocycles. The van der Waals surface area contributed by atoms with Gasteiger partial charge in [0.15, 0.2) is 0 Å². The lowest BCUT2D eigenvalue weighted by Gasteiger charge is -2.09. The zero-order chi connectivity index (χ0) is 11.4. The highest BCUT2D eigenvalue weighted by molar-refractivity contribution is 9.10. The smallest absolute Gasteiger partial charge is 0.236 e. The van der Waals surface area contributed by atoms with E-state index >= 15 is 0 Å². The summed E-state index contributed by atoms with van der Waals surface area (Å²) in [6.45, 7) is 2.03. The molecular weight excluding hydrogens is 315 g/mol. The van der Waals surface area contributed by atoms with E-state index < -0.39 is 6.04 Å². The quantitative estimate of drug-likeness (QED) is 0.896. The fourth-order valence-electron chi connectivity index (χ4n) is 1.01. The number of amides is 1. The van der Waals surface area contributed by atoms with E-state index in [-0.39, 0.29) is 18.3 Å².